The lowest BCUT2D eigenvalue weighted by atomic mass is 10.3. The van der Waals surface area contributed by atoms with Crippen LogP contribution in [0.5, 0.6) is 11.6 Å². The number of hydrogen-bond acceptors (Lipinski definition) is 5. The van der Waals surface area contributed by atoms with Crippen LogP contribution in [0.4, 0.5) is 11.8 Å². The Kier molecular flexibility index (Phi) is 4.03. The van der Waals surface area contributed by atoms with Gasteiger partial charge in [0.2, 0.25) is 11.8 Å². The number of nitrogens with two attached hydrogens (primary N) is 1. The number of nitrogens with one attached hydrogen (secondary N) is 1. The zero-order chi connectivity index (χ0) is 13.1. The molecule has 0 aliphatic rings. The molecule has 0 bridgehead atoms. The number of ether oxygens (including phenoxy) is 1. The molecule has 1 heterocycles. The van der Waals surface area contributed by atoms with Crippen LogP contribution in [-0.4, -0.2) is 17.0 Å². The summed E-state index contributed by atoms with van der Waals surface area (Å²) < 4.78 is 7.43. The van der Waals surface area contributed by atoms with E-state index in [9.17, 15) is 0 Å². The number of halogens is 2. The molecule has 7 heteroatoms. The fourth-order valence-electron chi connectivity index (χ4n) is 1.29. The van der Waals surface area contributed by atoms with Crippen molar-refractivity contribution in [2.75, 3.05) is 18.1 Å². The van der Waals surface area contributed by atoms with E-state index in [1.807, 2.05) is 18.2 Å². The maximum atomic E-state index is 5.65. The number of anilines is 2. The van der Waals surface area contributed by atoms with Crippen LogP contribution in [-0.2, 0) is 0 Å². The quantitative estimate of drug-likeness (QED) is 0.862. The number of benzene rings is 1. The lowest BCUT2D eigenvalue weighted by Crippen LogP contribution is -2.01. The van der Waals surface area contributed by atoms with Crippen LogP contribution in [0, 0.1) is 0 Å². The van der Waals surface area contributed by atoms with Gasteiger partial charge in [-0.15, -0.1) is 0 Å². The SMILES string of the molecule is CNc1cc(Oc2ccc(Br)cc2Br)nc(N)n1. The van der Waals surface area contributed by atoms with Crippen molar-refractivity contribution in [1.29, 1.82) is 0 Å². The molecule has 0 saturated carbocycles. The van der Waals surface area contributed by atoms with Gasteiger partial charge in [0.05, 0.1) is 4.47 Å². The van der Waals surface area contributed by atoms with Gasteiger partial charge in [0.15, 0.2) is 0 Å². The van der Waals surface area contributed by atoms with Gasteiger partial charge in [-0.05, 0) is 34.1 Å². The Morgan fingerprint density at radius 1 is 1.22 bits per heavy atom. The molecule has 1 aromatic carbocycles. The molecule has 0 aliphatic heterocycles. The number of hydrogen-bond donors (Lipinski definition) is 2. The van der Waals surface area contributed by atoms with E-state index in [4.69, 9.17) is 10.5 Å². The Morgan fingerprint density at radius 2 is 2.00 bits per heavy atom. The third kappa shape index (κ3) is 3.11. The highest BCUT2D eigenvalue weighted by Crippen LogP contribution is 2.31. The molecule has 3 N–H and O–H groups in total. The Hall–Kier alpha value is -1.34. The molecule has 18 heavy (non-hydrogen) atoms. The molecule has 1 aromatic heterocycles. The largest absolute Gasteiger partial charge is 0.438 e. The molecule has 94 valence electrons. The van der Waals surface area contributed by atoms with E-state index in [1.165, 1.54) is 0 Å². The lowest BCUT2D eigenvalue weighted by molar-refractivity contribution is 0.460. The summed E-state index contributed by atoms with van der Waals surface area (Å²) in [5.74, 6) is 1.80. The summed E-state index contributed by atoms with van der Waals surface area (Å²) in [5.41, 5.74) is 5.59. The van der Waals surface area contributed by atoms with E-state index < -0.39 is 0 Å². The Labute approximate surface area is 121 Å². The molecule has 0 unspecified atom stereocenters. The summed E-state index contributed by atoms with van der Waals surface area (Å²) in [4.78, 5) is 8.00. The van der Waals surface area contributed by atoms with Crippen molar-refractivity contribution >= 4 is 43.6 Å². The van der Waals surface area contributed by atoms with Crippen LogP contribution in [0.15, 0.2) is 33.2 Å². The Bertz CT molecular complexity index is 577. The highest BCUT2D eigenvalue weighted by Gasteiger charge is 2.07. The predicted molar refractivity (Wildman–Crippen MR) is 77.9 cm³/mol. The molecule has 0 atom stereocenters. The van der Waals surface area contributed by atoms with E-state index in [1.54, 1.807) is 13.1 Å². The van der Waals surface area contributed by atoms with E-state index in [0.29, 0.717) is 17.4 Å². The second-order valence-corrected chi connectivity index (χ2v) is 5.15. The van der Waals surface area contributed by atoms with Gasteiger partial charge in [0.25, 0.3) is 0 Å². The van der Waals surface area contributed by atoms with Crippen LogP contribution >= 0.6 is 31.9 Å². The molecule has 0 spiro atoms. The van der Waals surface area contributed by atoms with Gasteiger partial charge >= 0.3 is 0 Å². The topological polar surface area (TPSA) is 73.1 Å². The average molecular weight is 374 g/mol. The number of rotatable bonds is 3. The lowest BCUT2D eigenvalue weighted by Gasteiger charge is -2.08. The van der Waals surface area contributed by atoms with Gasteiger partial charge in [-0.1, -0.05) is 15.9 Å². The van der Waals surface area contributed by atoms with E-state index >= 15 is 0 Å². The molecule has 0 saturated heterocycles. The maximum Gasteiger partial charge on any atom is 0.226 e. The van der Waals surface area contributed by atoms with Gasteiger partial charge in [-0.3, -0.25) is 0 Å². The molecule has 0 amide bonds. The minimum Gasteiger partial charge on any atom is -0.438 e. The summed E-state index contributed by atoms with van der Waals surface area (Å²) in [6.07, 6.45) is 0. The first-order valence-corrected chi connectivity index (χ1v) is 6.62. The van der Waals surface area contributed by atoms with E-state index in [2.05, 4.69) is 47.1 Å². The van der Waals surface area contributed by atoms with Crippen molar-refractivity contribution in [3.8, 4) is 11.6 Å². The summed E-state index contributed by atoms with van der Waals surface area (Å²) in [5, 5.41) is 2.89. The molecular formula is C11H10Br2N4O. The predicted octanol–water partition coefficient (Wildman–Crippen LogP) is 3.42. The minimum absolute atomic E-state index is 0.157. The van der Waals surface area contributed by atoms with Crippen LogP contribution < -0.4 is 15.8 Å². The molecule has 0 aliphatic carbocycles. The second-order valence-electron chi connectivity index (χ2n) is 3.38. The normalized spacial score (nSPS) is 10.2. The zero-order valence-electron chi connectivity index (χ0n) is 9.45. The standard InChI is InChI=1S/C11H10Br2N4O/c1-15-9-5-10(17-11(14)16-9)18-8-3-2-6(12)4-7(8)13/h2-5H,1H3,(H3,14,15,16,17). The van der Waals surface area contributed by atoms with Crippen molar-refractivity contribution < 1.29 is 4.74 Å². The van der Waals surface area contributed by atoms with Crippen LogP contribution in [0.25, 0.3) is 0 Å². The maximum absolute atomic E-state index is 5.65. The van der Waals surface area contributed by atoms with E-state index in [0.717, 1.165) is 8.95 Å². The van der Waals surface area contributed by atoms with Crippen molar-refractivity contribution in [1.82, 2.24) is 9.97 Å². The fraction of sp³-hybridized carbons (Fsp3) is 0.0909. The summed E-state index contributed by atoms with van der Waals surface area (Å²) in [6.45, 7) is 0. The number of nitrogen functional groups attached to an aromatic ring is 1. The van der Waals surface area contributed by atoms with Gasteiger partial charge in [-0.2, -0.15) is 9.97 Å². The highest BCUT2D eigenvalue weighted by atomic mass is 79.9. The summed E-state index contributed by atoms with van der Waals surface area (Å²) in [7, 11) is 1.75. The highest BCUT2D eigenvalue weighted by molar-refractivity contribution is 9.11. The molecular weight excluding hydrogens is 364 g/mol. The summed E-state index contributed by atoms with van der Waals surface area (Å²) in [6, 6.07) is 7.26. The Balaban J connectivity index is 2.30. The fourth-order valence-corrected chi connectivity index (χ4v) is 2.42. The van der Waals surface area contributed by atoms with Crippen molar-refractivity contribution in [3.63, 3.8) is 0 Å². The zero-order valence-corrected chi connectivity index (χ0v) is 12.6. The van der Waals surface area contributed by atoms with Crippen molar-refractivity contribution in [2.45, 2.75) is 0 Å². The second kappa shape index (κ2) is 5.53. The van der Waals surface area contributed by atoms with Crippen molar-refractivity contribution in [2.24, 2.45) is 0 Å². The third-order valence-corrected chi connectivity index (χ3v) is 3.20. The molecule has 2 rings (SSSR count). The molecule has 0 fully saturated rings. The van der Waals surface area contributed by atoms with Crippen LogP contribution in [0.2, 0.25) is 0 Å². The van der Waals surface area contributed by atoms with Crippen molar-refractivity contribution in [3.05, 3.63) is 33.2 Å². The number of aromatic nitrogens is 2. The number of nitrogens with zero attached hydrogens (tertiary/aromatic N) is 2. The molecule has 5 nitrogen and oxygen atoms in total. The van der Waals surface area contributed by atoms with Gasteiger partial charge in [-0.25, -0.2) is 0 Å². The molecule has 0 radical (unpaired) electrons. The van der Waals surface area contributed by atoms with Crippen LogP contribution in [0.1, 0.15) is 0 Å². The van der Waals surface area contributed by atoms with Gasteiger partial charge in [0, 0.05) is 17.6 Å². The smallest absolute Gasteiger partial charge is 0.226 e. The monoisotopic (exact) mass is 372 g/mol. The average Bonchev–Trinajstić information content (AvgIpc) is 2.32. The van der Waals surface area contributed by atoms with Gasteiger partial charge < -0.3 is 15.8 Å². The molecule has 2 aromatic rings. The third-order valence-electron chi connectivity index (χ3n) is 2.08. The van der Waals surface area contributed by atoms with E-state index in [-0.39, 0.29) is 5.95 Å². The first kappa shape index (κ1) is 13.1. The summed E-state index contributed by atoms with van der Waals surface area (Å²) >= 11 is 6.79. The first-order valence-electron chi connectivity index (χ1n) is 5.03. The first-order chi connectivity index (χ1) is 8.58. The Morgan fingerprint density at radius 3 is 2.67 bits per heavy atom. The van der Waals surface area contributed by atoms with Gasteiger partial charge in [0.1, 0.15) is 11.6 Å². The van der Waals surface area contributed by atoms with Crippen LogP contribution in [0.3, 0.4) is 0 Å². The minimum atomic E-state index is 0.157.